The minimum absolute atomic E-state index is 0.170. The molecule has 0 atom stereocenters. The van der Waals surface area contributed by atoms with E-state index in [-0.39, 0.29) is 4.90 Å². The molecule has 138 valence electrons. The molecule has 0 saturated heterocycles. The molecule has 0 aliphatic heterocycles. The molecule has 2 N–H and O–H groups in total. The predicted molar refractivity (Wildman–Crippen MR) is 104 cm³/mol. The molecule has 0 radical (unpaired) electrons. The van der Waals surface area contributed by atoms with Crippen LogP contribution >= 0.6 is 0 Å². The number of aromatic nitrogens is 4. The number of nitrogens with zero attached hydrogens (tertiary/aromatic N) is 3. The Morgan fingerprint density at radius 1 is 1.07 bits per heavy atom. The van der Waals surface area contributed by atoms with Gasteiger partial charge in [-0.2, -0.15) is 5.10 Å². The van der Waals surface area contributed by atoms with E-state index in [4.69, 9.17) is 0 Å². The van der Waals surface area contributed by atoms with Crippen LogP contribution in [0, 0.1) is 20.8 Å². The number of hydrogen-bond donors (Lipinski definition) is 2. The quantitative estimate of drug-likeness (QED) is 0.566. The standard InChI is InChI=1S/C19H19N5O2S/c1-12-7-6-10-24-11-17(20-19(12)24)15-8-4-5-9-16(15)23-27(25,26)18-13(2)21-22-14(18)3/h4-11,23H,1-3H3,(H,21,22). The molecule has 4 rings (SSSR count). The normalized spacial score (nSPS) is 11.8. The second kappa shape index (κ2) is 6.24. The van der Waals surface area contributed by atoms with Gasteiger partial charge in [-0.1, -0.05) is 24.3 Å². The van der Waals surface area contributed by atoms with E-state index in [9.17, 15) is 8.42 Å². The second-order valence-electron chi connectivity index (χ2n) is 6.46. The summed E-state index contributed by atoms with van der Waals surface area (Å²) >= 11 is 0. The molecule has 0 unspecified atom stereocenters. The van der Waals surface area contributed by atoms with E-state index in [1.807, 2.05) is 48.0 Å². The van der Waals surface area contributed by atoms with Crippen LogP contribution < -0.4 is 4.72 Å². The summed E-state index contributed by atoms with van der Waals surface area (Å²) in [5, 5.41) is 6.70. The van der Waals surface area contributed by atoms with Crippen molar-refractivity contribution in [2.75, 3.05) is 4.72 Å². The Balaban J connectivity index is 1.81. The highest BCUT2D eigenvalue weighted by atomic mass is 32.2. The van der Waals surface area contributed by atoms with Crippen LogP contribution in [0.15, 0.2) is 53.7 Å². The molecule has 3 aromatic heterocycles. The molecule has 7 nitrogen and oxygen atoms in total. The van der Waals surface area contributed by atoms with Gasteiger partial charge in [-0.25, -0.2) is 13.4 Å². The fourth-order valence-corrected chi connectivity index (χ4v) is 4.66. The number of para-hydroxylation sites is 1. The fraction of sp³-hybridized carbons (Fsp3) is 0.158. The smallest absolute Gasteiger partial charge is 0.265 e. The van der Waals surface area contributed by atoms with Gasteiger partial charge in [0.25, 0.3) is 10.0 Å². The lowest BCUT2D eigenvalue weighted by molar-refractivity contribution is 0.600. The van der Waals surface area contributed by atoms with Crippen LogP contribution in [0.3, 0.4) is 0 Å². The van der Waals surface area contributed by atoms with Gasteiger partial charge in [0.2, 0.25) is 0 Å². The van der Waals surface area contributed by atoms with Gasteiger partial charge in [0, 0.05) is 18.0 Å². The summed E-state index contributed by atoms with van der Waals surface area (Å²) in [6.45, 7) is 5.34. The van der Waals surface area contributed by atoms with Gasteiger partial charge in [0.15, 0.2) is 0 Å². The maximum absolute atomic E-state index is 12.9. The Kier molecular flexibility index (Phi) is 4.00. The molecular formula is C19H19N5O2S. The number of H-pyrrole nitrogens is 1. The molecule has 8 heteroatoms. The van der Waals surface area contributed by atoms with Crippen molar-refractivity contribution in [3.05, 3.63) is 65.7 Å². The van der Waals surface area contributed by atoms with Crippen molar-refractivity contribution in [3.63, 3.8) is 0 Å². The van der Waals surface area contributed by atoms with Crippen molar-refractivity contribution in [1.82, 2.24) is 19.6 Å². The highest BCUT2D eigenvalue weighted by Crippen LogP contribution is 2.30. The van der Waals surface area contributed by atoms with Gasteiger partial charge in [0.05, 0.1) is 22.8 Å². The van der Waals surface area contributed by atoms with E-state index in [0.29, 0.717) is 28.3 Å². The van der Waals surface area contributed by atoms with Crippen LogP contribution in [0.5, 0.6) is 0 Å². The third-order valence-corrected chi connectivity index (χ3v) is 6.08. The Bertz CT molecular complexity index is 1230. The lowest BCUT2D eigenvalue weighted by Crippen LogP contribution is -2.15. The number of nitrogens with one attached hydrogen (secondary N) is 2. The average Bonchev–Trinajstić information content (AvgIpc) is 3.19. The number of aryl methyl sites for hydroxylation is 3. The summed E-state index contributed by atoms with van der Waals surface area (Å²) in [6, 6.07) is 11.2. The second-order valence-corrected chi connectivity index (χ2v) is 8.08. The number of hydrogen-bond acceptors (Lipinski definition) is 4. The van der Waals surface area contributed by atoms with Gasteiger partial charge < -0.3 is 4.40 Å². The maximum Gasteiger partial charge on any atom is 0.265 e. The molecule has 27 heavy (non-hydrogen) atoms. The molecule has 0 fully saturated rings. The zero-order valence-electron chi connectivity index (χ0n) is 15.2. The number of sulfonamides is 1. The van der Waals surface area contributed by atoms with Gasteiger partial charge in [-0.05, 0) is 38.5 Å². The molecular weight excluding hydrogens is 362 g/mol. The van der Waals surface area contributed by atoms with Crippen molar-refractivity contribution in [1.29, 1.82) is 0 Å². The van der Waals surface area contributed by atoms with E-state index in [1.165, 1.54) is 0 Å². The molecule has 4 aromatic rings. The van der Waals surface area contributed by atoms with E-state index in [0.717, 1.165) is 11.2 Å². The fourth-order valence-electron chi connectivity index (χ4n) is 3.21. The monoisotopic (exact) mass is 381 g/mol. The first-order valence-electron chi connectivity index (χ1n) is 8.45. The van der Waals surface area contributed by atoms with Crippen LogP contribution in [-0.4, -0.2) is 28.0 Å². The van der Waals surface area contributed by atoms with Crippen molar-refractivity contribution in [2.45, 2.75) is 25.7 Å². The van der Waals surface area contributed by atoms with Gasteiger partial charge in [0.1, 0.15) is 10.5 Å². The third-order valence-electron chi connectivity index (χ3n) is 4.45. The molecule has 0 saturated carbocycles. The summed E-state index contributed by atoms with van der Waals surface area (Å²) < 4.78 is 30.5. The van der Waals surface area contributed by atoms with Crippen LogP contribution in [-0.2, 0) is 10.0 Å². The largest absolute Gasteiger partial charge is 0.306 e. The van der Waals surface area contributed by atoms with E-state index in [1.54, 1.807) is 26.0 Å². The van der Waals surface area contributed by atoms with Gasteiger partial charge in [-0.3, -0.25) is 9.82 Å². The lowest BCUT2D eigenvalue weighted by Gasteiger charge is -2.11. The summed E-state index contributed by atoms with van der Waals surface area (Å²) in [4.78, 5) is 4.85. The molecule has 0 aliphatic carbocycles. The van der Waals surface area contributed by atoms with Crippen LogP contribution in [0.1, 0.15) is 17.0 Å². The number of anilines is 1. The SMILES string of the molecule is Cc1n[nH]c(C)c1S(=O)(=O)Nc1ccccc1-c1cn2cccc(C)c2n1. The predicted octanol–water partition coefficient (Wildman–Crippen LogP) is 3.45. The number of rotatable bonds is 4. The highest BCUT2D eigenvalue weighted by molar-refractivity contribution is 7.92. The number of aromatic amines is 1. The van der Waals surface area contributed by atoms with Crippen molar-refractivity contribution in [2.24, 2.45) is 0 Å². The van der Waals surface area contributed by atoms with Crippen molar-refractivity contribution in [3.8, 4) is 11.3 Å². The minimum atomic E-state index is -3.78. The molecule has 1 aromatic carbocycles. The summed E-state index contributed by atoms with van der Waals surface area (Å²) in [5.74, 6) is 0. The first kappa shape index (κ1) is 17.3. The molecule has 0 bridgehead atoms. The van der Waals surface area contributed by atoms with Crippen molar-refractivity contribution < 1.29 is 8.42 Å². The summed E-state index contributed by atoms with van der Waals surface area (Å²) in [6.07, 6.45) is 3.81. The van der Waals surface area contributed by atoms with Crippen LogP contribution in [0.4, 0.5) is 5.69 Å². The third kappa shape index (κ3) is 2.97. The first-order chi connectivity index (χ1) is 12.9. The van der Waals surface area contributed by atoms with Crippen LogP contribution in [0.2, 0.25) is 0 Å². The number of benzene rings is 1. The number of pyridine rings is 1. The zero-order chi connectivity index (χ0) is 19.2. The van der Waals surface area contributed by atoms with E-state index in [2.05, 4.69) is 19.9 Å². The Morgan fingerprint density at radius 2 is 1.85 bits per heavy atom. The molecule has 0 amide bonds. The Morgan fingerprint density at radius 3 is 2.56 bits per heavy atom. The zero-order valence-corrected chi connectivity index (χ0v) is 16.0. The topological polar surface area (TPSA) is 92.1 Å². The summed E-state index contributed by atoms with van der Waals surface area (Å²) in [7, 11) is -3.78. The Labute approximate surface area is 157 Å². The Hall–Kier alpha value is -3.13. The average molecular weight is 381 g/mol. The van der Waals surface area contributed by atoms with Gasteiger partial charge >= 0.3 is 0 Å². The van der Waals surface area contributed by atoms with Crippen LogP contribution in [0.25, 0.3) is 16.9 Å². The minimum Gasteiger partial charge on any atom is -0.306 e. The maximum atomic E-state index is 12.9. The van der Waals surface area contributed by atoms with E-state index < -0.39 is 10.0 Å². The highest BCUT2D eigenvalue weighted by Gasteiger charge is 2.23. The first-order valence-corrected chi connectivity index (χ1v) is 9.93. The van der Waals surface area contributed by atoms with E-state index >= 15 is 0 Å². The lowest BCUT2D eigenvalue weighted by atomic mass is 10.1. The molecule has 0 aliphatic rings. The molecule has 3 heterocycles. The van der Waals surface area contributed by atoms with Gasteiger partial charge in [-0.15, -0.1) is 0 Å². The number of imidazole rings is 1. The summed E-state index contributed by atoms with van der Waals surface area (Å²) in [5.41, 5.74) is 4.70. The molecule has 0 spiro atoms. The van der Waals surface area contributed by atoms with Crippen molar-refractivity contribution >= 4 is 21.4 Å². The number of fused-ring (bicyclic) bond motifs is 1.